The van der Waals surface area contributed by atoms with Crippen LogP contribution in [0.5, 0.6) is 0 Å². The van der Waals surface area contributed by atoms with Crippen LogP contribution in [0, 0.1) is 11.3 Å². The van der Waals surface area contributed by atoms with Gasteiger partial charge in [0.2, 0.25) is 0 Å². The topological polar surface area (TPSA) is 74.0 Å². The number of pyridine rings is 1. The molecule has 1 atom stereocenters. The number of hydrogen-bond acceptors (Lipinski definition) is 3. The van der Waals surface area contributed by atoms with E-state index in [9.17, 15) is 10.1 Å². The minimum atomic E-state index is -1.12. The minimum absolute atomic E-state index is 0.0612. The van der Waals surface area contributed by atoms with Crippen LogP contribution >= 0.6 is 0 Å². The fourth-order valence-corrected chi connectivity index (χ4v) is 2.56. The first-order valence-corrected chi connectivity index (χ1v) is 7.36. The minimum Gasteiger partial charge on any atom is -0.477 e. The van der Waals surface area contributed by atoms with Crippen molar-refractivity contribution in [3.05, 3.63) is 65.0 Å². The van der Waals surface area contributed by atoms with Crippen LogP contribution < -0.4 is 0 Å². The normalized spacial score (nSPS) is 11.6. The van der Waals surface area contributed by atoms with Gasteiger partial charge in [0.05, 0.1) is 0 Å². The smallest absolute Gasteiger partial charge is 0.354 e. The van der Waals surface area contributed by atoms with E-state index < -0.39 is 5.97 Å². The monoisotopic (exact) mass is 294 g/mol. The molecule has 2 aromatic rings. The molecule has 0 bridgehead atoms. The van der Waals surface area contributed by atoms with Gasteiger partial charge in [-0.2, -0.15) is 5.26 Å². The number of carboxylic acid groups (broad SMARTS) is 1. The van der Waals surface area contributed by atoms with E-state index in [4.69, 9.17) is 5.11 Å². The maximum Gasteiger partial charge on any atom is 0.354 e. The highest BCUT2D eigenvalue weighted by Gasteiger charge is 2.19. The number of carboxylic acids is 1. The molecule has 0 saturated carbocycles. The van der Waals surface area contributed by atoms with Crippen LogP contribution in [0.2, 0.25) is 0 Å². The van der Waals surface area contributed by atoms with E-state index >= 15 is 0 Å². The summed E-state index contributed by atoms with van der Waals surface area (Å²) in [5.41, 5.74) is 2.02. The molecule has 0 aliphatic heterocycles. The molecular weight excluding hydrogens is 276 g/mol. The fourth-order valence-electron chi connectivity index (χ4n) is 2.56. The first-order valence-electron chi connectivity index (χ1n) is 7.36. The van der Waals surface area contributed by atoms with Crippen molar-refractivity contribution in [2.45, 2.75) is 32.1 Å². The van der Waals surface area contributed by atoms with Crippen LogP contribution in [-0.2, 0) is 0 Å². The molecule has 0 spiro atoms. The van der Waals surface area contributed by atoms with Gasteiger partial charge in [-0.1, -0.05) is 56.2 Å². The molecule has 4 heteroatoms. The fraction of sp³-hybridized carbons (Fsp3) is 0.278. The predicted molar refractivity (Wildman–Crippen MR) is 83.7 cm³/mol. The van der Waals surface area contributed by atoms with Crippen LogP contribution in [0.1, 0.15) is 59.4 Å². The third kappa shape index (κ3) is 3.50. The zero-order valence-electron chi connectivity index (χ0n) is 12.5. The van der Waals surface area contributed by atoms with Crippen molar-refractivity contribution < 1.29 is 9.90 Å². The summed E-state index contributed by atoms with van der Waals surface area (Å²) in [7, 11) is 0. The second kappa shape index (κ2) is 7.37. The van der Waals surface area contributed by atoms with Crippen molar-refractivity contribution in [1.82, 2.24) is 4.98 Å². The van der Waals surface area contributed by atoms with Gasteiger partial charge in [0.1, 0.15) is 17.5 Å². The van der Waals surface area contributed by atoms with E-state index in [1.807, 2.05) is 36.4 Å². The average molecular weight is 294 g/mol. The number of rotatable bonds is 6. The third-order valence-electron chi connectivity index (χ3n) is 3.68. The number of aromatic carboxylic acids is 1. The molecule has 4 nitrogen and oxygen atoms in total. The zero-order valence-corrected chi connectivity index (χ0v) is 12.5. The Morgan fingerprint density at radius 1 is 1.27 bits per heavy atom. The molecule has 1 aromatic carbocycles. The molecule has 0 aliphatic rings. The van der Waals surface area contributed by atoms with Gasteiger partial charge < -0.3 is 5.11 Å². The van der Waals surface area contributed by atoms with Gasteiger partial charge in [0.25, 0.3) is 0 Å². The van der Waals surface area contributed by atoms with Crippen molar-refractivity contribution in [1.29, 1.82) is 5.26 Å². The Bertz CT molecular complexity index is 690. The summed E-state index contributed by atoms with van der Waals surface area (Å²) in [5, 5.41) is 18.4. The van der Waals surface area contributed by atoms with Crippen molar-refractivity contribution in [3.63, 3.8) is 0 Å². The van der Waals surface area contributed by atoms with Gasteiger partial charge in [-0.25, -0.2) is 9.78 Å². The number of carbonyl (C=O) groups is 1. The van der Waals surface area contributed by atoms with Crippen molar-refractivity contribution in [3.8, 4) is 6.07 Å². The van der Waals surface area contributed by atoms with Crippen LogP contribution in [-0.4, -0.2) is 16.1 Å². The molecule has 112 valence electrons. The summed E-state index contributed by atoms with van der Waals surface area (Å²) in [5.74, 6) is -1.06. The molecule has 0 saturated heterocycles. The Hall–Kier alpha value is -2.67. The second-order valence-electron chi connectivity index (χ2n) is 5.16. The lowest BCUT2D eigenvalue weighted by molar-refractivity contribution is 0.0690. The molecule has 22 heavy (non-hydrogen) atoms. The van der Waals surface area contributed by atoms with Crippen molar-refractivity contribution >= 4 is 5.97 Å². The van der Waals surface area contributed by atoms with E-state index in [0.29, 0.717) is 0 Å². The maximum absolute atomic E-state index is 11.0. The van der Waals surface area contributed by atoms with Gasteiger partial charge in [-0.15, -0.1) is 0 Å². The Morgan fingerprint density at radius 2 is 2.00 bits per heavy atom. The zero-order chi connectivity index (χ0) is 15.9. The first kappa shape index (κ1) is 15.7. The SMILES string of the molecule is CCCCC(c1ccccc1)c1ccc(C(=O)O)nc1C#N. The Labute approximate surface area is 130 Å². The van der Waals surface area contributed by atoms with Crippen LogP contribution in [0.4, 0.5) is 0 Å². The number of nitriles is 1. The molecule has 0 fully saturated rings. The second-order valence-corrected chi connectivity index (χ2v) is 5.16. The quantitative estimate of drug-likeness (QED) is 0.874. The van der Waals surface area contributed by atoms with Gasteiger partial charge in [0, 0.05) is 5.92 Å². The molecular formula is C18H18N2O2. The van der Waals surface area contributed by atoms with E-state index in [1.165, 1.54) is 6.07 Å². The van der Waals surface area contributed by atoms with E-state index in [0.717, 1.165) is 30.4 Å². The number of hydrogen-bond donors (Lipinski definition) is 1. The van der Waals surface area contributed by atoms with E-state index in [-0.39, 0.29) is 17.3 Å². The number of unbranched alkanes of at least 4 members (excludes halogenated alkanes) is 1. The molecule has 0 aliphatic carbocycles. The van der Waals surface area contributed by atoms with Crippen molar-refractivity contribution in [2.75, 3.05) is 0 Å². The van der Waals surface area contributed by atoms with Gasteiger partial charge in [-0.3, -0.25) is 0 Å². The molecule has 1 unspecified atom stereocenters. The van der Waals surface area contributed by atoms with Crippen molar-refractivity contribution in [2.24, 2.45) is 0 Å². The van der Waals surface area contributed by atoms with Crippen LogP contribution in [0.25, 0.3) is 0 Å². The Kier molecular flexibility index (Phi) is 5.26. The Balaban J connectivity index is 2.48. The highest BCUT2D eigenvalue weighted by atomic mass is 16.4. The van der Waals surface area contributed by atoms with Crippen LogP contribution in [0.15, 0.2) is 42.5 Å². The van der Waals surface area contributed by atoms with Gasteiger partial charge in [0.15, 0.2) is 0 Å². The molecule has 0 radical (unpaired) electrons. The standard InChI is InChI=1S/C18H18N2O2/c1-2-3-9-14(13-7-5-4-6-8-13)15-10-11-16(18(21)22)20-17(15)12-19/h4-8,10-11,14H,2-3,9H2,1H3,(H,21,22). The highest BCUT2D eigenvalue weighted by molar-refractivity contribution is 5.85. The Morgan fingerprint density at radius 3 is 2.59 bits per heavy atom. The van der Waals surface area contributed by atoms with Gasteiger partial charge >= 0.3 is 5.97 Å². The molecule has 0 amide bonds. The summed E-state index contributed by atoms with van der Waals surface area (Å²) in [6.45, 7) is 2.12. The maximum atomic E-state index is 11.0. The summed E-state index contributed by atoms with van der Waals surface area (Å²) in [6.07, 6.45) is 3.00. The average Bonchev–Trinajstić information content (AvgIpc) is 2.56. The van der Waals surface area contributed by atoms with Gasteiger partial charge in [-0.05, 0) is 23.6 Å². The predicted octanol–water partition coefficient (Wildman–Crippen LogP) is 3.97. The molecule has 1 aromatic heterocycles. The van der Waals surface area contributed by atoms with E-state index in [2.05, 4.69) is 11.9 Å². The summed E-state index contributed by atoms with van der Waals surface area (Å²) in [6, 6.07) is 15.2. The molecule has 1 heterocycles. The third-order valence-corrected chi connectivity index (χ3v) is 3.68. The summed E-state index contributed by atoms with van der Waals surface area (Å²) < 4.78 is 0. The number of benzene rings is 1. The van der Waals surface area contributed by atoms with Crippen LogP contribution in [0.3, 0.4) is 0 Å². The van der Waals surface area contributed by atoms with E-state index in [1.54, 1.807) is 6.07 Å². The first-order chi connectivity index (χ1) is 10.7. The summed E-state index contributed by atoms with van der Waals surface area (Å²) >= 11 is 0. The number of nitrogens with zero attached hydrogens (tertiary/aromatic N) is 2. The molecule has 1 N–H and O–H groups in total. The number of aromatic nitrogens is 1. The highest BCUT2D eigenvalue weighted by Crippen LogP contribution is 2.31. The summed E-state index contributed by atoms with van der Waals surface area (Å²) in [4.78, 5) is 15.0. The molecule has 2 rings (SSSR count). The largest absolute Gasteiger partial charge is 0.477 e. The lowest BCUT2D eigenvalue weighted by Crippen LogP contribution is -2.09. The lowest BCUT2D eigenvalue weighted by Gasteiger charge is -2.18. The lowest BCUT2D eigenvalue weighted by atomic mass is 9.86.